The van der Waals surface area contributed by atoms with Crippen molar-refractivity contribution in [3.05, 3.63) is 34.4 Å². The second-order valence-electron chi connectivity index (χ2n) is 3.48. The highest BCUT2D eigenvalue weighted by Gasteiger charge is 2.12. The standard InChI is InChI=1S/C10H9ClN4O2/c1-5-7(9(16)17)3-12-10(13-5)15-4-8(11)6(2)14-15/h3-4H,1-2H3,(H,16,17). The second-order valence-corrected chi connectivity index (χ2v) is 3.89. The number of halogens is 1. The molecule has 0 fully saturated rings. The topological polar surface area (TPSA) is 80.9 Å². The average Bonchev–Trinajstić information content (AvgIpc) is 2.58. The zero-order valence-corrected chi connectivity index (χ0v) is 9.93. The van der Waals surface area contributed by atoms with Gasteiger partial charge in [-0.05, 0) is 13.8 Å². The van der Waals surface area contributed by atoms with E-state index >= 15 is 0 Å². The molecule has 0 aromatic carbocycles. The van der Waals surface area contributed by atoms with Crippen molar-refractivity contribution in [3.63, 3.8) is 0 Å². The fourth-order valence-corrected chi connectivity index (χ4v) is 1.45. The second kappa shape index (κ2) is 4.14. The summed E-state index contributed by atoms with van der Waals surface area (Å²) in [6.07, 6.45) is 2.83. The van der Waals surface area contributed by atoms with E-state index in [9.17, 15) is 4.79 Å². The molecule has 0 saturated carbocycles. The highest BCUT2D eigenvalue weighted by atomic mass is 35.5. The molecule has 7 heteroatoms. The van der Waals surface area contributed by atoms with Crippen LogP contribution in [0.3, 0.4) is 0 Å². The van der Waals surface area contributed by atoms with E-state index in [2.05, 4.69) is 15.1 Å². The van der Waals surface area contributed by atoms with Gasteiger partial charge in [-0.1, -0.05) is 11.6 Å². The molecule has 0 aliphatic carbocycles. The van der Waals surface area contributed by atoms with Crippen LogP contribution in [0.4, 0.5) is 0 Å². The van der Waals surface area contributed by atoms with Gasteiger partial charge in [0, 0.05) is 6.20 Å². The highest BCUT2D eigenvalue weighted by Crippen LogP contribution is 2.15. The van der Waals surface area contributed by atoms with Crippen molar-refractivity contribution in [2.75, 3.05) is 0 Å². The van der Waals surface area contributed by atoms with Gasteiger partial charge in [0.05, 0.1) is 28.2 Å². The zero-order valence-electron chi connectivity index (χ0n) is 9.18. The lowest BCUT2D eigenvalue weighted by Crippen LogP contribution is -2.08. The lowest BCUT2D eigenvalue weighted by molar-refractivity contribution is 0.0695. The van der Waals surface area contributed by atoms with Crippen molar-refractivity contribution in [1.29, 1.82) is 0 Å². The predicted molar refractivity (Wildman–Crippen MR) is 60.6 cm³/mol. The van der Waals surface area contributed by atoms with E-state index in [1.54, 1.807) is 20.0 Å². The van der Waals surface area contributed by atoms with E-state index in [1.165, 1.54) is 10.9 Å². The molecule has 0 amide bonds. The van der Waals surface area contributed by atoms with E-state index in [-0.39, 0.29) is 5.56 Å². The molecule has 1 N–H and O–H groups in total. The van der Waals surface area contributed by atoms with Crippen LogP contribution in [0.5, 0.6) is 0 Å². The van der Waals surface area contributed by atoms with Crippen molar-refractivity contribution in [1.82, 2.24) is 19.7 Å². The molecule has 0 saturated heterocycles. The number of carbonyl (C=O) groups is 1. The molecule has 2 heterocycles. The first-order chi connectivity index (χ1) is 7.99. The largest absolute Gasteiger partial charge is 0.478 e. The van der Waals surface area contributed by atoms with Gasteiger partial charge in [0.1, 0.15) is 0 Å². The van der Waals surface area contributed by atoms with Crippen LogP contribution in [0, 0.1) is 13.8 Å². The molecular weight excluding hydrogens is 244 g/mol. The van der Waals surface area contributed by atoms with Crippen molar-refractivity contribution >= 4 is 17.6 Å². The van der Waals surface area contributed by atoms with Gasteiger partial charge in [-0.25, -0.2) is 19.4 Å². The van der Waals surface area contributed by atoms with Crippen LogP contribution in [0.15, 0.2) is 12.4 Å². The third-order valence-corrected chi connectivity index (χ3v) is 2.61. The van der Waals surface area contributed by atoms with Gasteiger partial charge in [0.25, 0.3) is 5.95 Å². The Labute approximate surface area is 102 Å². The normalized spacial score (nSPS) is 10.5. The fourth-order valence-electron chi connectivity index (χ4n) is 1.32. The predicted octanol–water partition coefficient (Wildman–Crippen LogP) is 1.63. The first-order valence-corrected chi connectivity index (χ1v) is 5.16. The molecule has 0 spiro atoms. The van der Waals surface area contributed by atoms with E-state index in [1.807, 2.05) is 0 Å². The third kappa shape index (κ3) is 2.12. The number of nitrogens with zero attached hydrogens (tertiary/aromatic N) is 4. The lowest BCUT2D eigenvalue weighted by Gasteiger charge is -2.02. The molecule has 0 atom stereocenters. The van der Waals surface area contributed by atoms with Gasteiger partial charge < -0.3 is 5.11 Å². The quantitative estimate of drug-likeness (QED) is 0.879. The summed E-state index contributed by atoms with van der Waals surface area (Å²) in [7, 11) is 0. The Morgan fingerprint density at radius 2 is 2.12 bits per heavy atom. The summed E-state index contributed by atoms with van der Waals surface area (Å²) in [4.78, 5) is 18.8. The number of carboxylic acid groups (broad SMARTS) is 1. The Balaban J connectivity index is 2.47. The summed E-state index contributed by atoms with van der Waals surface area (Å²) < 4.78 is 1.41. The Hall–Kier alpha value is -1.95. The number of hydrogen-bond acceptors (Lipinski definition) is 4. The summed E-state index contributed by atoms with van der Waals surface area (Å²) in [6, 6.07) is 0. The van der Waals surface area contributed by atoms with Crippen LogP contribution in [0.2, 0.25) is 5.02 Å². The molecule has 2 aromatic rings. The Morgan fingerprint density at radius 3 is 2.59 bits per heavy atom. The molecule has 0 aliphatic heterocycles. The van der Waals surface area contributed by atoms with Gasteiger partial charge >= 0.3 is 5.97 Å². The summed E-state index contributed by atoms with van der Waals surface area (Å²) in [5.74, 6) is -0.758. The van der Waals surface area contributed by atoms with Gasteiger partial charge in [0.2, 0.25) is 0 Å². The highest BCUT2D eigenvalue weighted by molar-refractivity contribution is 6.31. The minimum Gasteiger partial charge on any atom is -0.478 e. The maximum Gasteiger partial charge on any atom is 0.339 e. The molecule has 17 heavy (non-hydrogen) atoms. The maximum absolute atomic E-state index is 10.8. The van der Waals surface area contributed by atoms with Crippen LogP contribution >= 0.6 is 11.6 Å². The van der Waals surface area contributed by atoms with Crippen molar-refractivity contribution in [2.24, 2.45) is 0 Å². The first kappa shape index (κ1) is 11.5. The van der Waals surface area contributed by atoms with Crippen molar-refractivity contribution < 1.29 is 9.90 Å². The monoisotopic (exact) mass is 252 g/mol. The molecule has 6 nitrogen and oxygen atoms in total. The molecule has 0 unspecified atom stereocenters. The van der Waals surface area contributed by atoms with E-state index < -0.39 is 5.97 Å². The number of aryl methyl sites for hydroxylation is 2. The first-order valence-electron chi connectivity index (χ1n) is 4.78. The number of rotatable bonds is 2. The van der Waals surface area contributed by atoms with Gasteiger partial charge in [0.15, 0.2) is 0 Å². The Morgan fingerprint density at radius 1 is 1.41 bits per heavy atom. The summed E-state index contributed by atoms with van der Waals surface area (Å²) >= 11 is 5.87. The summed E-state index contributed by atoms with van der Waals surface area (Å²) in [6.45, 7) is 3.36. The molecule has 0 aliphatic rings. The Bertz CT molecular complexity index is 574. The minimum absolute atomic E-state index is 0.0729. The van der Waals surface area contributed by atoms with Gasteiger partial charge in [-0.15, -0.1) is 0 Å². The molecule has 88 valence electrons. The molecule has 0 bridgehead atoms. The SMILES string of the molecule is Cc1nn(-c2ncc(C(=O)O)c(C)n2)cc1Cl. The average molecular weight is 253 g/mol. The molecule has 2 aromatic heterocycles. The number of carboxylic acids is 1. The summed E-state index contributed by atoms with van der Waals surface area (Å²) in [5.41, 5.74) is 1.12. The van der Waals surface area contributed by atoms with Crippen LogP contribution in [-0.4, -0.2) is 30.8 Å². The smallest absolute Gasteiger partial charge is 0.339 e. The van der Waals surface area contributed by atoms with E-state index in [4.69, 9.17) is 16.7 Å². The van der Waals surface area contributed by atoms with Crippen LogP contribution in [0.1, 0.15) is 21.7 Å². The van der Waals surface area contributed by atoms with Crippen LogP contribution in [0.25, 0.3) is 5.95 Å². The molecule has 2 rings (SSSR count). The van der Waals surface area contributed by atoms with E-state index in [0.717, 1.165) is 0 Å². The zero-order chi connectivity index (χ0) is 12.6. The lowest BCUT2D eigenvalue weighted by atomic mass is 10.2. The summed E-state index contributed by atoms with van der Waals surface area (Å²) in [5, 5.41) is 13.5. The minimum atomic E-state index is -1.05. The van der Waals surface area contributed by atoms with Crippen molar-refractivity contribution in [3.8, 4) is 5.95 Å². The number of aromatic nitrogens is 4. The molecular formula is C10H9ClN4O2. The Kier molecular flexibility index (Phi) is 2.81. The maximum atomic E-state index is 10.8. The number of hydrogen-bond donors (Lipinski definition) is 1. The fraction of sp³-hybridized carbons (Fsp3) is 0.200. The number of aromatic carboxylic acids is 1. The van der Waals surface area contributed by atoms with Crippen LogP contribution < -0.4 is 0 Å². The third-order valence-electron chi connectivity index (χ3n) is 2.24. The van der Waals surface area contributed by atoms with Crippen LogP contribution in [-0.2, 0) is 0 Å². The van der Waals surface area contributed by atoms with Crippen molar-refractivity contribution in [2.45, 2.75) is 13.8 Å². The van der Waals surface area contributed by atoms with Gasteiger partial charge in [-0.2, -0.15) is 5.10 Å². The van der Waals surface area contributed by atoms with E-state index in [0.29, 0.717) is 22.4 Å². The molecule has 0 radical (unpaired) electrons. The van der Waals surface area contributed by atoms with Gasteiger partial charge in [-0.3, -0.25) is 0 Å².